The van der Waals surface area contributed by atoms with Gasteiger partial charge in [0.2, 0.25) is 10.0 Å². The number of carboxylic acids is 1. The maximum atomic E-state index is 12.7. The zero-order valence-corrected chi connectivity index (χ0v) is 13.5. The van der Waals surface area contributed by atoms with E-state index in [-0.39, 0.29) is 17.5 Å². The van der Waals surface area contributed by atoms with Crippen LogP contribution >= 0.6 is 0 Å². The van der Waals surface area contributed by atoms with Crippen molar-refractivity contribution < 1.29 is 23.1 Å². The molecule has 122 valence electrons. The monoisotopic (exact) mass is 327 g/mol. The number of rotatable bonds is 5. The SMILES string of the molecule is COCc1ccc(S(=O)(=O)N2CC(C(=O)O)CCC2C)cc1. The maximum absolute atomic E-state index is 12.7. The summed E-state index contributed by atoms with van der Waals surface area (Å²) >= 11 is 0. The lowest BCUT2D eigenvalue weighted by atomic mass is 9.96. The van der Waals surface area contributed by atoms with Crippen LogP contribution in [0.1, 0.15) is 25.3 Å². The van der Waals surface area contributed by atoms with Crippen molar-refractivity contribution in [2.24, 2.45) is 5.92 Å². The molecule has 1 saturated heterocycles. The van der Waals surface area contributed by atoms with Crippen molar-refractivity contribution in [2.45, 2.75) is 37.3 Å². The fourth-order valence-corrected chi connectivity index (χ4v) is 4.38. The molecule has 0 bridgehead atoms. The second-order valence-corrected chi connectivity index (χ2v) is 7.50. The van der Waals surface area contributed by atoms with E-state index < -0.39 is 21.9 Å². The Balaban J connectivity index is 2.25. The van der Waals surface area contributed by atoms with Gasteiger partial charge in [0, 0.05) is 19.7 Å². The molecule has 1 aromatic carbocycles. The van der Waals surface area contributed by atoms with Crippen LogP contribution in [-0.2, 0) is 26.2 Å². The number of nitrogens with zero attached hydrogens (tertiary/aromatic N) is 1. The number of methoxy groups -OCH3 is 1. The summed E-state index contributed by atoms with van der Waals surface area (Å²) in [7, 11) is -2.10. The molecule has 2 unspecified atom stereocenters. The highest BCUT2D eigenvalue weighted by molar-refractivity contribution is 7.89. The first-order chi connectivity index (χ1) is 10.4. The van der Waals surface area contributed by atoms with Crippen molar-refractivity contribution >= 4 is 16.0 Å². The first-order valence-corrected chi connectivity index (χ1v) is 8.62. The Morgan fingerprint density at radius 3 is 2.50 bits per heavy atom. The van der Waals surface area contributed by atoms with Gasteiger partial charge in [-0.1, -0.05) is 12.1 Å². The largest absolute Gasteiger partial charge is 0.481 e. The van der Waals surface area contributed by atoms with Crippen molar-refractivity contribution in [1.29, 1.82) is 0 Å². The van der Waals surface area contributed by atoms with Gasteiger partial charge in [0.25, 0.3) is 0 Å². The van der Waals surface area contributed by atoms with E-state index in [1.165, 1.54) is 4.31 Å². The Labute approximate surface area is 130 Å². The Kier molecular flexibility index (Phi) is 5.20. The van der Waals surface area contributed by atoms with Crippen LogP contribution in [0.3, 0.4) is 0 Å². The Morgan fingerprint density at radius 1 is 1.32 bits per heavy atom. The lowest BCUT2D eigenvalue weighted by Gasteiger charge is -2.35. The number of hydrogen-bond donors (Lipinski definition) is 1. The average Bonchev–Trinajstić information content (AvgIpc) is 2.48. The minimum atomic E-state index is -3.68. The second kappa shape index (κ2) is 6.76. The van der Waals surface area contributed by atoms with Gasteiger partial charge >= 0.3 is 5.97 Å². The van der Waals surface area contributed by atoms with Gasteiger partial charge in [0.05, 0.1) is 17.4 Å². The molecule has 0 amide bonds. The third kappa shape index (κ3) is 3.48. The van der Waals surface area contributed by atoms with Gasteiger partial charge in [-0.3, -0.25) is 4.79 Å². The molecule has 1 aliphatic rings. The molecule has 1 heterocycles. The van der Waals surface area contributed by atoms with E-state index in [0.29, 0.717) is 19.4 Å². The minimum Gasteiger partial charge on any atom is -0.481 e. The zero-order valence-electron chi connectivity index (χ0n) is 12.7. The molecule has 1 fully saturated rings. The predicted octanol–water partition coefficient (Wildman–Crippen LogP) is 1.71. The van der Waals surface area contributed by atoms with Gasteiger partial charge in [-0.2, -0.15) is 4.31 Å². The summed E-state index contributed by atoms with van der Waals surface area (Å²) in [4.78, 5) is 11.3. The molecular weight excluding hydrogens is 306 g/mol. The molecule has 1 N–H and O–H groups in total. The van der Waals surface area contributed by atoms with Crippen LogP contribution in [0.2, 0.25) is 0 Å². The first kappa shape index (κ1) is 16.9. The molecule has 1 aliphatic heterocycles. The third-order valence-corrected chi connectivity index (χ3v) is 6.01. The van der Waals surface area contributed by atoms with Crippen molar-refractivity contribution in [3.8, 4) is 0 Å². The number of carbonyl (C=O) groups is 1. The van der Waals surface area contributed by atoms with Gasteiger partial charge in [0.15, 0.2) is 0 Å². The van der Waals surface area contributed by atoms with Gasteiger partial charge in [0.1, 0.15) is 0 Å². The number of carboxylic acid groups (broad SMARTS) is 1. The van der Waals surface area contributed by atoms with Crippen molar-refractivity contribution in [3.05, 3.63) is 29.8 Å². The number of sulfonamides is 1. The molecule has 0 aliphatic carbocycles. The predicted molar refractivity (Wildman–Crippen MR) is 80.9 cm³/mol. The zero-order chi connectivity index (χ0) is 16.3. The first-order valence-electron chi connectivity index (χ1n) is 7.18. The summed E-state index contributed by atoms with van der Waals surface area (Å²) in [6.07, 6.45) is 1.06. The Morgan fingerprint density at radius 2 is 1.95 bits per heavy atom. The third-order valence-electron chi connectivity index (χ3n) is 4.02. The highest BCUT2D eigenvalue weighted by Gasteiger charge is 2.37. The van der Waals surface area contributed by atoms with Crippen LogP contribution in [0.4, 0.5) is 0 Å². The average molecular weight is 327 g/mol. The lowest BCUT2D eigenvalue weighted by molar-refractivity contribution is -0.143. The normalized spacial score (nSPS) is 23.4. The molecule has 0 spiro atoms. The summed E-state index contributed by atoms with van der Waals surface area (Å²) < 4.78 is 31.8. The van der Waals surface area contributed by atoms with Crippen LogP contribution < -0.4 is 0 Å². The number of piperidine rings is 1. The second-order valence-electron chi connectivity index (χ2n) is 5.61. The number of hydrogen-bond acceptors (Lipinski definition) is 4. The molecule has 0 saturated carbocycles. The van der Waals surface area contributed by atoms with E-state index >= 15 is 0 Å². The van der Waals surface area contributed by atoms with E-state index in [1.54, 1.807) is 31.4 Å². The van der Waals surface area contributed by atoms with E-state index in [4.69, 9.17) is 9.84 Å². The highest BCUT2D eigenvalue weighted by atomic mass is 32.2. The van der Waals surface area contributed by atoms with Gasteiger partial charge in [-0.05, 0) is 37.5 Å². The fraction of sp³-hybridized carbons (Fsp3) is 0.533. The molecule has 2 rings (SSSR count). The number of aliphatic carboxylic acids is 1. The molecule has 6 nitrogen and oxygen atoms in total. The smallest absolute Gasteiger partial charge is 0.307 e. The van der Waals surface area contributed by atoms with Crippen molar-refractivity contribution in [3.63, 3.8) is 0 Å². The lowest BCUT2D eigenvalue weighted by Crippen LogP contribution is -2.47. The van der Waals surface area contributed by atoms with Crippen molar-refractivity contribution in [1.82, 2.24) is 4.31 Å². The molecule has 2 atom stereocenters. The van der Waals surface area contributed by atoms with Gasteiger partial charge in [-0.25, -0.2) is 8.42 Å². The molecule has 22 heavy (non-hydrogen) atoms. The van der Waals surface area contributed by atoms with Gasteiger partial charge < -0.3 is 9.84 Å². The van der Waals surface area contributed by atoms with E-state index in [0.717, 1.165) is 5.56 Å². The topological polar surface area (TPSA) is 83.9 Å². The van der Waals surface area contributed by atoms with Crippen LogP contribution in [0.25, 0.3) is 0 Å². The fourth-order valence-electron chi connectivity index (χ4n) is 2.67. The Bertz CT molecular complexity index is 626. The summed E-state index contributed by atoms with van der Waals surface area (Å²) in [6, 6.07) is 6.31. The molecule has 0 radical (unpaired) electrons. The quantitative estimate of drug-likeness (QED) is 0.890. The minimum absolute atomic E-state index is 0.0264. The summed E-state index contributed by atoms with van der Waals surface area (Å²) in [5, 5.41) is 9.14. The number of ether oxygens (including phenoxy) is 1. The number of benzene rings is 1. The van der Waals surface area contributed by atoms with E-state index in [1.807, 2.05) is 6.92 Å². The molecule has 0 aromatic heterocycles. The van der Waals surface area contributed by atoms with Crippen molar-refractivity contribution in [2.75, 3.05) is 13.7 Å². The van der Waals surface area contributed by atoms with E-state index in [2.05, 4.69) is 0 Å². The maximum Gasteiger partial charge on any atom is 0.307 e. The van der Waals surface area contributed by atoms with Crippen LogP contribution in [0.15, 0.2) is 29.2 Å². The summed E-state index contributed by atoms with van der Waals surface area (Å²) in [6.45, 7) is 2.26. The van der Waals surface area contributed by atoms with E-state index in [9.17, 15) is 13.2 Å². The highest BCUT2D eigenvalue weighted by Crippen LogP contribution is 2.28. The van der Waals surface area contributed by atoms with Gasteiger partial charge in [-0.15, -0.1) is 0 Å². The molecule has 7 heteroatoms. The summed E-state index contributed by atoms with van der Waals surface area (Å²) in [5.74, 6) is -1.58. The molecular formula is C15H21NO5S. The Hall–Kier alpha value is -1.44. The van der Waals surface area contributed by atoms with Crippen LogP contribution in [0.5, 0.6) is 0 Å². The summed E-state index contributed by atoms with van der Waals surface area (Å²) in [5.41, 5.74) is 0.886. The van der Waals surface area contributed by atoms with Crippen LogP contribution in [0, 0.1) is 5.92 Å². The molecule has 1 aromatic rings. The standard InChI is InChI=1S/C15H21NO5S/c1-11-3-6-13(15(17)18)9-16(11)22(19,20)14-7-4-12(5-8-14)10-21-2/h4-5,7-8,11,13H,3,6,9-10H2,1-2H3,(H,17,18). The van der Waals surface area contributed by atoms with Crippen LogP contribution in [-0.4, -0.2) is 43.5 Å².